The molecule has 0 heterocycles. The Labute approximate surface area is 138 Å². The number of nitro groups is 1. The van der Waals surface area contributed by atoms with Gasteiger partial charge in [-0.15, -0.1) is 0 Å². The van der Waals surface area contributed by atoms with Crippen LogP contribution in [0.15, 0.2) is 12.1 Å². The molecule has 1 aromatic rings. The summed E-state index contributed by atoms with van der Waals surface area (Å²) < 4.78 is 11.6. The van der Waals surface area contributed by atoms with Gasteiger partial charge in [0.2, 0.25) is 0 Å². The Morgan fingerprint density at radius 1 is 1.26 bits per heavy atom. The van der Waals surface area contributed by atoms with Crippen LogP contribution in [0, 0.1) is 24.0 Å². The van der Waals surface area contributed by atoms with Gasteiger partial charge in [-0.2, -0.15) is 0 Å². The predicted molar refractivity (Wildman–Crippen MR) is 92.4 cm³/mol. The van der Waals surface area contributed by atoms with Crippen molar-refractivity contribution in [1.82, 2.24) is 5.32 Å². The predicted octanol–water partition coefficient (Wildman–Crippen LogP) is 2.88. The third kappa shape index (κ3) is 5.63. The van der Waals surface area contributed by atoms with Crippen LogP contribution < -0.4 is 10.6 Å². The van der Waals surface area contributed by atoms with E-state index in [0.29, 0.717) is 17.0 Å². The monoisotopic (exact) mass is 341 g/mol. The summed E-state index contributed by atoms with van der Waals surface area (Å²) >= 11 is 0. The molecule has 0 aliphatic carbocycles. The van der Waals surface area contributed by atoms with Gasteiger partial charge < -0.3 is 10.6 Å². The molecule has 128 valence electrons. The number of nitro benzene ring substituents is 1. The van der Waals surface area contributed by atoms with Crippen LogP contribution in [0.25, 0.3) is 0 Å². The molecule has 7 nitrogen and oxygen atoms in total. The lowest BCUT2D eigenvalue weighted by Gasteiger charge is -2.17. The molecule has 8 heteroatoms. The Kier molecular flexibility index (Phi) is 6.26. The average Bonchev–Trinajstić information content (AvgIpc) is 2.40. The largest absolute Gasteiger partial charge is 0.337 e. The Balaban J connectivity index is 2.66. The van der Waals surface area contributed by atoms with Crippen LogP contribution in [0.1, 0.15) is 31.9 Å². The maximum Gasteiger partial charge on any atom is 0.319 e. The molecule has 23 heavy (non-hydrogen) atoms. The minimum atomic E-state index is -1.05. The smallest absolute Gasteiger partial charge is 0.319 e. The fraction of sp³-hybridized carbons (Fsp3) is 0.533. The molecule has 1 rings (SSSR count). The standard InChI is InChI=1S/C15H23N3O4S/c1-10-8-11(2)13(18(20)21)9-12(10)17-14(19)16-6-7-23(22)15(3,4)5/h8-9H,6-7H2,1-5H3,(H2,16,17,19)/t23-/m0/s1. The number of nitrogens with zero attached hydrogens (tertiary/aromatic N) is 1. The first kappa shape index (κ1) is 19.1. The molecule has 0 aromatic heterocycles. The number of rotatable bonds is 5. The summed E-state index contributed by atoms with van der Waals surface area (Å²) in [6, 6.07) is 2.53. The number of hydrogen-bond acceptors (Lipinski definition) is 4. The zero-order chi connectivity index (χ0) is 17.8. The number of hydrogen-bond donors (Lipinski definition) is 2. The summed E-state index contributed by atoms with van der Waals surface area (Å²) in [5.41, 5.74) is 1.62. The topological polar surface area (TPSA) is 101 Å². The van der Waals surface area contributed by atoms with E-state index in [4.69, 9.17) is 0 Å². The van der Waals surface area contributed by atoms with Crippen LogP contribution in [-0.2, 0) is 10.8 Å². The Bertz CT molecular complexity index is 638. The number of carbonyl (C=O) groups is 1. The number of benzene rings is 1. The fourth-order valence-corrected chi connectivity index (χ4v) is 2.80. The molecule has 2 amide bonds. The van der Waals surface area contributed by atoms with Gasteiger partial charge in [-0.05, 0) is 46.2 Å². The minimum Gasteiger partial charge on any atom is -0.337 e. The van der Waals surface area contributed by atoms with E-state index in [1.54, 1.807) is 19.9 Å². The molecule has 0 unspecified atom stereocenters. The van der Waals surface area contributed by atoms with Crippen LogP contribution in [0.4, 0.5) is 16.2 Å². The molecule has 0 saturated heterocycles. The van der Waals surface area contributed by atoms with Gasteiger partial charge in [-0.3, -0.25) is 14.3 Å². The number of carbonyl (C=O) groups excluding carboxylic acids is 1. The number of nitrogens with one attached hydrogen (secondary N) is 2. The van der Waals surface area contributed by atoms with Gasteiger partial charge in [0, 0.05) is 39.5 Å². The van der Waals surface area contributed by atoms with Gasteiger partial charge >= 0.3 is 6.03 Å². The van der Waals surface area contributed by atoms with Crippen LogP contribution in [0.5, 0.6) is 0 Å². The van der Waals surface area contributed by atoms with Gasteiger partial charge in [-0.25, -0.2) is 4.79 Å². The molecule has 0 saturated carbocycles. The Morgan fingerprint density at radius 2 is 1.87 bits per heavy atom. The summed E-state index contributed by atoms with van der Waals surface area (Å²) in [5.74, 6) is 0.351. The lowest BCUT2D eigenvalue weighted by Crippen LogP contribution is -2.35. The van der Waals surface area contributed by atoms with E-state index in [2.05, 4.69) is 10.6 Å². The highest BCUT2D eigenvalue weighted by atomic mass is 32.2. The normalized spacial score (nSPS) is 12.6. The Hall–Kier alpha value is -1.96. The van der Waals surface area contributed by atoms with Crippen molar-refractivity contribution in [3.8, 4) is 0 Å². The summed E-state index contributed by atoms with van der Waals surface area (Å²) in [6.45, 7) is 9.30. The van der Waals surface area contributed by atoms with Crippen LogP contribution in [0.3, 0.4) is 0 Å². The first-order valence-corrected chi connectivity index (χ1v) is 8.53. The van der Waals surface area contributed by atoms with Gasteiger partial charge in [0.25, 0.3) is 5.69 Å². The molecule has 0 fully saturated rings. The van der Waals surface area contributed by atoms with E-state index in [1.807, 2.05) is 20.8 Å². The second-order valence-electron chi connectivity index (χ2n) is 6.25. The van der Waals surface area contributed by atoms with Gasteiger partial charge in [0.15, 0.2) is 0 Å². The van der Waals surface area contributed by atoms with Crippen molar-refractivity contribution >= 4 is 28.2 Å². The number of urea groups is 1. The average molecular weight is 341 g/mol. The molecule has 0 spiro atoms. The second-order valence-corrected chi connectivity index (χ2v) is 8.58. The van der Waals surface area contributed by atoms with Crippen molar-refractivity contribution in [2.45, 2.75) is 39.4 Å². The lowest BCUT2D eigenvalue weighted by atomic mass is 10.1. The van der Waals surface area contributed by atoms with Crippen molar-refractivity contribution < 1.29 is 13.9 Å². The van der Waals surface area contributed by atoms with Crippen LogP contribution >= 0.6 is 0 Å². The molecular formula is C15H23N3O4S. The zero-order valence-electron chi connectivity index (χ0n) is 14.1. The van der Waals surface area contributed by atoms with E-state index in [-0.39, 0.29) is 17.0 Å². The van der Waals surface area contributed by atoms with E-state index >= 15 is 0 Å². The molecule has 0 radical (unpaired) electrons. The quantitative estimate of drug-likeness (QED) is 0.635. The van der Waals surface area contributed by atoms with Crippen molar-refractivity contribution in [3.63, 3.8) is 0 Å². The van der Waals surface area contributed by atoms with E-state index < -0.39 is 21.8 Å². The maximum absolute atomic E-state index is 11.9. The Morgan fingerprint density at radius 3 is 2.39 bits per heavy atom. The van der Waals surface area contributed by atoms with Crippen LogP contribution in [-0.4, -0.2) is 32.2 Å². The lowest BCUT2D eigenvalue weighted by molar-refractivity contribution is -0.385. The van der Waals surface area contributed by atoms with Crippen molar-refractivity contribution in [1.29, 1.82) is 0 Å². The number of aryl methyl sites for hydroxylation is 2. The fourth-order valence-electron chi connectivity index (χ4n) is 1.90. The van der Waals surface area contributed by atoms with E-state index in [0.717, 1.165) is 5.56 Å². The highest BCUT2D eigenvalue weighted by molar-refractivity contribution is 7.86. The summed E-state index contributed by atoms with van der Waals surface area (Å²) in [4.78, 5) is 22.3. The van der Waals surface area contributed by atoms with Crippen LogP contribution in [0.2, 0.25) is 0 Å². The molecular weight excluding hydrogens is 318 g/mol. The molecule has 0 aliphatic heterocycles. The van der Waals surface area contributed by atoms with E-state index in [1.165, 1.54) is 6.07 Å². The number of anilines is 1. The van der Waals surface area contributed by atoms with Crippen molar-refractivity contribution in [2.75, 3.05) is 17.6 Å². The van der Waals surface area contributed by atoms with Crippen molar-refractivity contribution in [2.24, 2.45) is 0 Å². The first-order valence-electron chi connectivity index (χ1n) is 7.21. The van der Waals surface area contributed by atoms with Gasteiger partial charge in [0.05, 0.1) is 10.6 Å². The third-order valence-corrected chi connectivity index (χ3v) is 5.18. The SMILES string of the molecule is Cc1cc(C)c([N+](=O)[O-])cc1NC(=O)NCC[S@](=O)C(C)(C)C. The first-order chi connectivity index (χ1) is 10.5. The van der Waals surface area contributed by atoms with Crippen molar-refractivity contribution in [3.05, 3.63) is 33.4 Å². The highest BCUT2D eigenvalue weighted by Gasteiger charge is 2.19. The third-order valence-electron chi connectivity index (χ3n) is 3.24. The van der Waals surface area contributed by atoms with E-state index in [9.17, 15) is 19.1 Å². The maximum atomic E-state index is 11.9. The molecule has 1 atom stereocenters. The molecule has 0 bridgehead atoms. The molecule has 2 N–H and O–H groups in total. The minimum absolute atomic E-state index is 0.0419. The second kappa shape index (κ2) is 7.54. The molecule has 0 aliphatic rings. The highest BCUT2D eigenvalue weighted by Crippen LogP contribution is 2.26. The number of amides is 2. The summed E-state index contributed by atoms with van der Waals surface area (Å²) in [7, 11) is -1.05. The summed E-state index contributed by atoms with van der Waals surface area (Å²) in [5, 5.41) is 16.2. The zero-order valence-corrected chi connectivity index (χ0v) is 14.9. The van der Waals surface area contributed by atoms with Gasteiger partial charge in [0.1, 0.15) is 0 Å². The summed E-state index contributed by atoms with van der Waals surface area (Å²) in [6.07, 6.45) is 0. The van der Waals surface area contributed by atoms with Gasteiger partial charge in [-0.1, -0.05) is 0 Å². The molecule has 1 aromatic carbocycles.